The van der Waals surface area contributed by atoms with Crippen LogP contribution in [0.3, 0.4) is 0 Å². The average molecular weight is 268 g/mol. The number of fused-ring (bicyclic) bond motifs is 1. The number of hydroxylamine groups is 1. The molecule has 0 aliphatic heterocycles. The molecule has 0 bridgehead atoms. The van der Waals surface area contributed by atoms with Crippen molar-refractivity contribution >= 4 is 16.8 Å². The number of pyridine rings is 2. The molecule has 2 N–H and O–H groups in total. The van der Waals surface area contributed by atoms with Gasteiger partial charge >= 0.3 is 0 Å². The van der Waals surface area contributed by atoms with Crippen LogP contribution in [0.1, 0.15) is 16.2 Å². The SMILES string of the molecule is O=C(NO)c1cc2c(ccn2Cc2ccccn2)cn1. The average Bonchev–Trinajstić information content (AvgIpc) is 2.90. The minimum Gasteiger partial charge on any atom is -0.341 e. The third kappa shape index (κ3) is 2.24. The van der Waals surface area contributed by atoms with E-state index in [-0.39, 0.29) is 5.69 Å². The van der Waals surface area contributed by atoms with Crippen LogP contribution >= 0.6 is 0 Å². The van der Waals surface area contributed by atoms with Gasteiger partial charge in [0.2, 0.25) is 0 Å². The van der Waals surface area contributed by atoms with E-state index in [1.807, 2.05) is 35.0 Å². The number of hydrogen-bond acceptors (Lipinski definition) is 4. The smallest absolute Gasteiger partial charge is 0.293 e. The van der Waals surface area contributed by atoms with Crippen LogP contribution in [-0.4, -0.2) is 25.6 Å². The van der Waals surface area contributed by atoms with Crippen molar-refractivity contribution in [3.63, 3.8) is 0 Å². The van der Waals surface area contributed by atoms with Crippen LogP contribution in [0, 0.1) is 0 Å². The number of amides is 1. The zero-order valence-corrected chi connectivity index (χ0v) is 10.5. The first kappa shape index (κ1) is 12.3. The van der Waals surface area contributed by atoms with Gasteiger partial charge in [0, 0.05) is 24.0 Å². The molecule has 0 fully saturated rings. The van der Waals surface area contributed by atoms with Gasteiger partial charge in [0.25, 0.3) is 5.91 Å². The Hall–Kier alpha value is -2.73. The molecule has 0 saturated carbocycles. The third-order valence-electron chi connectivity index (χ3n) is 3.05. The van der Waals surface area contributed by atoms with Crippen molar-refractivity contribution in [2.24, 2.45) is 0 Å². The fourth-order valence-corrected chi connectivity index (χ4v) is 2.07. The van der Waals surface area contributed by atoms with E-state index in [0.29, 0.717) is 6.54 Å². The normalized spacial score (nSPS) is 10.7. The Bertz CT molecular complexity index is 752. The van der Waals surface area contributed by atoms with Crippen molar-refractivity contribution in [3.8, 4) is 0 Å². The molecule has 3 aromatic rings. The van der Waals surface area contributed by atoms with Crippen LogP contribution in [0.5, 0.6) is 0 Å². The van der Waals surface area contributed by atoms with E-state index in [1.165, 1.54) is 0 Å². The van der Waals surface area contributed by atoms with Crippen molar-refractivity contribution in [1.29, 1.82) is 0 Å². The summed E-state index contributed by atoms with van der Waals surface area (Å²) >= 11 is 0. The molecule has 6 nitrogen and oxygen atoms in total. The Morgan fingerprint density at radius 2 is 2.20 bits per heavy atom. The van der Waals surface area contributed by atoms with Gasteiger partial charge in [-0.1, -0.05) is 6.07 Å². The highest BCUT2D eigenvalue weighted by Gasteiger charge is 2.09. The molecule has 0 saturated heterocycles. The summed E-state index contributed by atoms with van der Waals surface area (Å²) in [4.78, 5) is 19.7. The highest BCUT2D eigenvalue weighted by molar-refractivity contribution is 5.95. The molecule has 0 atom stereocenters. The molecule has 100 valence electrons. The van der Waals surface area contributed by atoms with E-state index in [9.17, 15) is 4.79 Å². The summed E-state index contributed by atoms with van der Waals surface area (Å²) in [6.07, 6.45) is 5.27. The van der Waals surface area contributed by atoms with Crippen molar-refractivity contribution in [3.05, 3.63) is 60.3 Å². The van der Waals surface area contributed by atoms with E-state index in [2.05, 4.69) is 9.97 Å². The zero-order valence-electron chi connectivity index (χ0n) is 10.5. The van der Waals surface area contributed by atoms with Crippen LogP contribution in [0.15, 0.2) is 48.9 Å². The first-order chi connectivity index (χ1) is 9.78. The van der Waals surface area contributed by atoms with Gasteiger partial charge in [0.05, 0.1) is 17.8 Å². The molecule has 6 heteroatoms. The molecular formula is C14H12N4O2. The highest BCUT2D eigenvalue weighted by Crippen LogP contribution is 2.17. The van der Waals surface area contributed by atoms with Crippen LogP contribution in [0.2, 0.25) is 0 Å². The maximum Gasteiger partial charge on any atom is 0.293 e. The van der Waals surface area contributed by atoms with E-state index in [4.69, 9.17) is 5.21 Å². The van der Waals surface area contributed by atoms with Crippen molar-refractivity contribution < 1.29 is 10.0 Å². The monoisotopic (exact) mass is 268 g/mol. The predicted molar refractivity (Wildman–Crippen MR) is 72.3 cm³/mol. The summed E-state index contributed by atoms with van der Waals surface area (Å²) in [5.41, 5.74) is 3.54. The minimum atomic E-state index is -0.627. The molecule has 0 radical (unpaired) electrons. The number of hydrogen-bond donors (Lipinski definition) is 2. The molecule has 3 heterocycles. The summed E-state index contributed by atoms with van der Waals surface area (Å²) < 4.78 is 1.98. The first-order valence-electron chi connectivity index (χ1n) is 6.07. The van der Waals surface area contributed by atoms with Gasteiger partial charge in [-0.05, 0) is 24.3 Å². The van der Waals surface area contributed by atoms with Gasteiger partial charge < -0.3 is 4.57 Å². The van der Waals surface area contributed by atoms with Crippen molar-refractivity contribution in [1.82, 2.24) is 20.0 Å². The van der Waals surface area contributed by atoms with Gasteiger partial charge in [-0.3, -0.25) is 20.0 Å². The van der Waals surface area contributed by atoms with Crippen LogP contribution in [0.4, 0.5) is 0 Å². The number of carbonyl (C=O) groups is 1. The molecular weight excluding hydrogens is 256 g/mol. The van der Waals surface area contributed by atoms with Crippen LogP contribution < -0.4 is 5.48 Å². The quantitative estimate of drug-likeness (QED) is 0.558. The van der Waals surface area contributed by atoms with Crippen LogP contribution in [0.25, 0.3) is 10.9 Å². The Morgan fingerprint density at radius 3 is 2.95 bits per heavy atom. The van der Waals surface area contributed by atoms with Crippen molar-refractivity contribution in [2.75, 3.05) is 0 Å². The minimum absolute atomic E-state index is 0.168. The second kappa shape index (κ2) is 5.10. The molecule has 3 rings (SSSR count). The molecule has 0 aromatic carbocycles. The van der Waals surface area contributed by atoms with Gasteiger partial charge in [-0.25, -0.2) is 5.48 Å². The largest absolute Gasteiger partial charge is 0.341 e. The standard InChI is InChI=1S/C14H12N4O2/c19-14(17-20)12-7-13-10(8-16-12)4-6-18(13)9-11-3-1-2-5-15-11/h1-8,20H,9H2,(H,17,19). The zero-order chi connectivity index (χ0) is 13.9. The second-order valence-corrected chi connectivity index (χ2v) is 4.33. The Labute approximate surface area is 114 Å². The molecule has 20 heavy (non-hydrogen) atoms. The summed E-state index contributed by atoms with van der Waals surface area (Å²) in [7, 11) is 0. The molecule has 0 spiro atoms. The van der Waals surface area contributed by atoms with E-state index < -0.39 is 5.91 Å². The fraction of sp³-hybridized carbons (Fsp3) is 0.0714. The molecule has 1 amide bonds. The predicted octanol–water partition coefficient (Wildman–Crippen LogP) is 1.60. The van der Waals surface area contributed by atoms with Crippen LogP contribution in [-0.2, 0) is 6.54 Å². The maximum atomic E-state index is 11.4. The molecule has 0 unspecified atom stereocenters. The fourth-order valence-electron chi connectivity index (χ4n) is 2.07. The van der Waals surface area contributed by atoms with Gasteiger partial charge in [-0.2, -0.15) is 0 Å². The topological polar surface area (TPSA) is 80.0 Å². The highest BCUT2D eigenvalue weighted by atomic mass is 16.5. The number of rotatable bonds is 3. The molecule has 3 aromatic heterocycles. The van der Waals surface area contributed by atoms with Gasteiger partial charge in [0.15, 0.2) is 0 Å². The summed E-state index contributed by atoms with van der Waals surface area (Å²) in [5.74, 6) is -0.627. The van der Waals surface area contributed by atoms with E-state index in [1.54, 1.807) is 23.9 Å². The van der Waals surface area contributed by atoms with E-state index in [0.717, 1.165) is 16.6 Å². The van der Waals surface area contributed by atoms with Crippen molar-refractivity contribution in [2.45, 2.75) is 6.54 Å². The Kier molecular flexibility index (Phi) is 3.14. The lowest BCUT2D eigenvalue weighted by molar-refractivity contribution is 0.0701. The van der Waals surface area contributed by atoms with E-state index >= 15 is 0 Å². The maximum absolute atomic E-state index is 11.4. The number of carbonyl (C=O) groups excluding carboxylic acids is 1. The first-order valence-corrected chi connectivity index (χ1v) is 6.07. The van der Waals surface area contributed by atoms with Gasteiger partial charge in [0.1, 0.15) is 5.69 Å². The lowest BCUT2D eigenvalue weighted by Crippen LogP contribution is -2.19. The molecule has 0 aliphatic rings. The second-order valence-electron chi connectivity index (χ2n) is 4.33. The lowest BCUT2D eigenvalue weighted by Gasteiger charge is -2.05. The Morgan fingerprint density at radius 1 is 1.30 bits per heavy atom. The Balaban J connectivity index is 2.01. The number of nitrogens with one attached hydrogen (secondary N) is 1. The summed E-state index contributed by atoms with van der Waals surface area (Å²) in [6, 6.07) is 9.30. The lowest BCUT2D eigenvalue weighted by atomic mass is 10.2. The number of nitrogens with zero attached hydrogens (tertiary/aromatic N) is 3. The number of aromatic nitrogens is 3. The van der Waals surface area contributed by atoms with Gasteiger partial charge in [-0.15, -0.1) is 0 Å². The summed E-state index contributed by atoms with van der Waals surface area (Å²) in [5, 5.41) is 9.59. The third-order valence-corrected chi connectivity index (χ3v) is 3.05. The summed E-state index contributed by atoms with van der Waals surface area (Å²) in [6.45, 7) is 0.606. The molecule has 0 aliphatic carbocycles.